The number of hydrogen-bond acceptors (Lipinski definition) is 3. The van der Waals surface area contributed by atoms with Gasteiger partial charge in [-0.1, -0.05) is 27.7 Å². The molecule has 0 aliphatic heterocycles. The summed E-state index contributed by atoms with van der Waals surface area (Å²) in [6, 6.07) is 0. The third-order valence-corrected chi connectivity index (χ3v) is 4.44. The minimum Gasteiger partial charge on any atom is -0.466 e. The van der Waals surface area contributed by atoms with Crippen molar-refractivity contribution < 1.29 is 9.53 Å². The second-order valence-electron chi connectivity index (χ2n) is 5.79. The summed E-state index contributed by atoms with van der Waals surface area (Å²) in [5, 5.41) is 0. The molecule has 106 valence electrons. The summed E-state index contributed by atoms with van der Waals surface area (Å²) in [4.78, 5) is 14.3. The fraction of sp³-hybridized carbons (Fsp3) is 0.933. The van der Waals surface area contributed by atoms with Gasteiger partial charge in [-0.15, -0.1) is 0 Å². The lowest BCUT2D eigenvalue weighted by Gasteiger charge is -2.55. The molecule has 0 spiro atoms. The van der Waals surface area contributed by atoms with Crippen molar-refractivity contribution in [1.29, 1.82) is 0 Å². The standard InChI is InChI=1S/C15H29NO2/c1-6-16(7-2)15(11-14(17)18-8-3)9-13(10-15)12(4)5/h12-13H,6-11H2,1-5H3. The first-order valence-corrected chi connectivity index (χ1v) is 7.39. The summed E-state index contributed by atoms with van der Waals surface area (Å²) in [7, 11) is 0. The second kappa shape index (κ2) is 6.55. The fourth-order valence-corrected chi connectivity index (χ4v) is 3.28. The zero-order valence-electron chi connectivity index (χ0n) is 12.7. The molecule has 18 heavy (non-hydrogen) atoms. The molecule has 0 aromatic carbocycles. The SMILES string of the molecule is CCOC(=O)CC1(N(CC)CC)CC(C(C)C)C1. The Balaban J connectivity index is 2.69. The van der Waals surface area contributed by atoms with Crippen LogP contribution in [0.5, 0.6) is 0 Å². The van der Waals surface area contributed by atoms with E-state index < -0.39 is 0 Å². The van der Waals surface area contributed by atoms with E-state index in [9.17, 15) is 4.79 Å². The maximum absolute atomic E-state index is 11.8. The van der Waals surface area contributed by atoms with Crippen molar-refractivity contribution in [2.45, 2.75) is 59.4 Å². The molecule has 1 aliphatic rings. The van der Waals surface area contributed by atoms with Crippen LogP contribution in [0.2, 0.25) is 0 Å². The lowest BCUT2D eigenvalue weighted by molar-refractivity contribution is -0.151. The smallest absolute Gasteiger partial charge is 0.307 e. The second-order valence-corrected chi connectivity index (χ2v) is 5.79. The van der Waals surface area contributed by atoms with Crippen molar-refractivity contribution in [3.63, 3.8) is 0 Å². The molecule has 0 unspecified atom stereocenters. The van der Waals surface area contributed by atoms with Gasteiger partial charge in [-0.05, 0) is 44.7 Å². The van der Waals surface area contributed by atoms with Gasteiger partial charge >= 0.3 is 5.97 Å². The van der Waals surface area contributed by atoms with Gasteiger partial charge in [0, 0.05) is 5.54 Å². The van der Waals surface area contributed by atoms with Gasteiger partial charge < -0.3 is 4.74 Å². The number of carbonyl (C=O) groups excluding carboxylic acids is 1. The lowest BCUT2D eigenvalue weighted by atomic mass is 9.61. The summed E-state index contributed by atoms with van der Waals surface area (Å²) >= 11 is 0. The van der Waals surface area contributed by atoms with Crippen LogP contribution in [0, 0.1) is 11.8 Å². The number of carbonyl (C=O) groups is 1. The van der Waals surface area contributed by atoms with Gasteiger partial charge in [0.15, 0.2) is 0 Å². The predicted molar refractivity (Wildman–Crippen MR) is 74.5 cm³/mol. The topological polar surface area (TPSA) is 29.5 Å². The van der Waals surface area contributed by atoms with E-state index in [1.165, 1.54) is 0 Å². The molecule has 1 aliphatic carbocycles. The van der Waals surface area contributed by atoms with Crippen LogP contribution >= 0.6 is 0 Å². The van der Waals surface area contributed by atoms with Crippen molar-refractivity contribution in [2.24, 2.45) is 11.8 Å². The van der Waals surface area contributed by atoms with Gasteiger partial charge in [0.2, 0.25) is 0 Å². The Morgan fingerprint density at radius 1 is 1.28 bits per heavy atom. The Morgan fingerprint density at radius 3 is 2.22 bits per heavy atom. The van der Waals surface area contributed by atoms with Crippen LogP contribution in [0.4, 0.5) is 0 Å². The van der Waals surface area contributed by atoms with Crippen LogP contribution in [0.15, 0.2) is 0 Å². The molecule has 0 atom stereocenters. The molecule has 0 N–H and O–H groups in total. The maximum Gasteiger partial charge on any atom is 0.307 e. The van der Waals surface area contributed by atoms with E-state index in [0.717, 1.165) is 37.8 Å². The first kappa shape index (κ1) is 15.5. The van der Waals surface area contributed by atoms with Gasteiger partial charge in [-0.2, -0.15) is 0 Å². The Morgan fingerprint density at radius 2 is 1.83 bits per heavy atom. The molecular formula is C15H29NO2. The van der Waals surface area contributed by atoms with E-state index >= 15 is 0 Å². The van der Waals surface area contributed by atoms with Gasteiger partial charge in [-0.3, -0.25) is 9.69 Å². The average Bonchev–Trinajstić information content (AvgIpc) is 2.25. The monoisotopic (exact) mass is 255 g/mol. The Labute approximate surface area is 112 Å². The van der Waals surface area contributed by atoms with Crippen LogP contribution in [0.1, 0.15) is 53.9 Å². The van der Waals surface area contributed by atoms with E-state index in [2.05, 4.69) is 32.6 Å². The molecule has 0 amide bonds. The highest BCUT2D eigenvalue weighted by Gasteiger charge is 2.49. The zero-order valence-corrected chi connectivity index (χ0v) is 12.7. The molecule has 1 rings (SSSR count). The molecule has 1 fully saturated rings. The van der Waals surface area contributed by atoms with Gasteiger partial charge in [0.05, 0.1) is 13.0 Å². The Hall–Kier alpha value is -0.570. The normalized spacial score (nSPS) is 27.4. The van der Waals surface area contributed by atoms with Crippen LogP contribution in [-0.4, -0.2) is 36.1 Å². The minimum atomic E-state index is -0.0355. The van der Waals surface area contributed by atoms with Crippen LogP contribution < -0.4 is 0 Å². The highest BCUT2D eigenvalue weighted by molar-refractivity contribution is 5.71. The number of ether oxygens (including phenoxy) is 1. The Bertz CT molecular complexity index is 266. The molecule has 0 aromatic rings. The van der Waals surface area contributed by atoms with Crippen molar-refractivity contribution in [2.75, 3.05) is 19.7 Å². The van der Waals surface area contributed by atoms with Gasteiger partial charge in [-0.25, -0.2) is 0 Å². The van der Waals surface area contributed by atoms with Crippen molar-refractivity contribution in [1.82, 2.24) is 4.90 Å². The predicted octanol–water partition coefficient (Wildman–Crippen LogP) is 3.09. The molecule has 0 saturated heterocycles. The summed E-state index contributed by atoms with van der Waals surface area (Å²) < 4.78 is 5.14. The third-order valence-electron chi connectivity index (χ3n) is 4.44. The summed E-state index contributed by atoms with van der Waals surface area (Å²) in [5.74, 6) is 1.45. The molecule has 0 radical (unpaired) electrons. The number of esters is 1. The van der Waals surface area contributed by atoms with E-state index in [-0.39, 0.29) is 11.5 Å². The van der Waals surface area contributed by atoms with Gasteiger partial charge in [0.25, 0.3) is 0 Å². The lowest BCUT2D eigenvalue weighted by Crippen LogP contribution is -2.59. The van der Waals surface area contributed by atoms with Crippen LogP contribution in [0.3, 0.4) is 0 Å². The first-order valence-electron chi connectivity index (χ1n) is 7.39. The number of nitrogens with zero attached hydrogens (tertiary/aromatic N) is 1. The van der Waals surface area contributed by atoms with E-state index in [4.69, 9.17) is 4.74 Å². The first-order chi connectivity index (χ1) is 8.49. The minimum absolute atomic E-state index is 0.0355. The number of rotatable bonds is 7. The molecule has 0 aromatic heterocycles. The molecule has 1 saturated carbocycles. The van der Waals surface area contributed by atoms with Gasteiger partial charge in [0.1, 0.15) is 0 Å². The highest BCUT2D eigenvalue weighted by Crippen LogP contribution is 2.48. The van der Waals surface area contributed by atoms with Crippen LogP contribution in [-0.2, 0) is 9.53 Å². The van der Waals surface area contributed by atoms with E-state index in [0.29, 0.717) is 13.0 Å². The largest absolute Gasteiger partial charge is 0.466 e. The zero-order chi connectivity index (χ0) is 13.8. The van der Waals surface area contributed by atoms with Crippen molar-refractivity contribution in [3.05, 3.63) is 0 Å². The quantitative estimate of drug-likeness (QED) is 0.655. The van der Waals surface area contributed by atoms with Crippen molar-refractivity contribution in [3.8, 4) is 0 Å². The van der Waals surface area contributed by atoms with Crippen LogP contribution in [0.25, 0.3) is 0 Å². The molecule has 3 nitrogen and oxygen atoms in total. The molecule has 3 heteroatoms. The Kier molecular flexibility index (Phi) is 5.64. The summed E-state index contributed by atoms with van der Waals surface area (Å²) in [6.45, 7) is 13.3. The highest BCUT2D eigenvalue weighted by atomic mass is 16.5. The number of hydrogen-bond donors (Lipinski definition) is 0. The van der Waals surface area contributed by atoms with Crippen molar-refractivity contribution >= 4 is 5.97 Å². The van der Waals surface area contributed by atoms with E-state index in [1.54, 1.807) is 0 Å². The third kappa shape index (κ3) is 3.25. The van der Waals surface area contributed by atoms with E-state index in [1.807, 2.05) is 6.92 Å². The maximum atomic E-state index is 11.8. The molecular weight excluding hydrogens is 226 g/mol. The molecule has 0 heterocycles. The average molecular weight is 255 g/mol. The summed E-state index contributed by atoms with van der Waals surface area (Å²) in [5.41, 5.74) is 0.0741. The fourth-order valence-electron chi connectivity index (χ4n) is 3.28. The molecule has 0 bridgehead atoms. The summed E-state index contributed by atoms with van der Waals surface area (Å²) in [6.07, 6.45) is 2.85.